The Hall–Kier alpha value is -1.46. The number of hydrogen-bond acceptors (Lipinski definition) is 5. The lowest BCUT2D eigenvalue weighted by Gasteiger charge is -2.22. The van der Waals surface area contributed by atoms with Crippen molar-refractivity contribution >= 4 is 17.2 Å². The summed E-state index contributed by atoms with van der Waals surface area (Å²) in [5, 5.41) is 8.08. The summed E-state index contributed by atoms with van der Waals surface area (Å²) in [6.45, 7) is 5.28. The molecule has 2 aromatic heterocycles. The van der Waals surface area contributed by atoms with Crippen LogP contribution in [0.15, 0.2) is 24.4 Å². The third kappa shape index (κ3) is 4.52. The summed E-state index contributed by atoms with van der Waals surface area (Å²) >= 11 is 1.77. The van der Waals surface area contributed by atoms with Crippen LogP contribution in [0, 0.1) is 12.8 Å². The summed E-state index contributed by atoms with van der Waals surface area (Å²) in [4.78, 5) is 10.4. The minimum atomic E-state index is 0.731. The Morgan fingerprint density at radius 3 is 3.14 bits per heavy atom. The summed E-state index contributed by atoms with van der Waals surface area (Å²) in [7, 11) is 0. The molecule has 3 heterocycles. The fourth-order valence-corrected chi connectivity index (χ4v) is 3.69. The van der Waals surface area contributed by atoms with E-state index in [0.717, 1.165) is 37.7 Å². The first-order valence-electron chi connectivity index (χ1n) is 8.11. The van der Waals surface area contributed by atoms with Gasteiger partial charge >= 0.3 is 0 Å². The standard InChI is InChI=1S/C17H24N4S/c1-13-11-20-17(22-13)7-9-19-16-6-2-5-15(21-16)10-14-4-3-8-18-12-14/h2,5-6,11,14,18H,3-4,7-10,12H2,1H3,(H,19,21)/t14-/m0/s1. The van der Waals surface area contributed by atoms with Gasteiger partial charge in [0.2, 0.25) is 0 Å². The Labute approximate surface area is 136 Å². The normalized spacial score (nSPS) is 18.3. The highest BCUT2D eigenvalue weighted by atomic mass is 32.1. The third-order valence-corrected chi connectivity index (χ3v) is 4.99. The molecule has 4 nitrogen and oxygen atoms in total. The summed E-state index contributed by atoms with van der Waals surface area (Å²) in [5.74, 6) is 1.71. The van der Waals surface area contributed by atoms with Gasteiger partial charge < -0.3 is 10.6 Å². The van der Waals surface area contributed by atoms with Crippen molar-refractivity contribution < 1.29 is 0 Å². The first-order chi connectivity index (χ1) is 10.8. The van der Waals surface area contributed by atoms with E-state index in [1.54, 1.807) is 11.3 Å². The van der Waals surface area contributed by atoms with E-state index in [1.807, 2.05) is 6.20 Å². The van der Waals surface area contributed by atoms with Gasteiger partial charge in [0.1, 0.15) is 5.82 Å². The molecule has 1 aliphatic rings. The predicted molar refractivity (Wildman–Crippen MR) is 92.6 cm³/mol. The van der Waals surface area contributed by atoms with Crippen LogP contribution in [-0.4, -0.2) is 29.6 Å². The van der Waals surface area contributed by atoms with Gasteiger partial charge in [-0.15, -0.1) is 11.3 Å². The quantitative estimate of drug-likeness (QED) is 0.860. The van der Waals surface area contributed by atoms with Crippen LogP contribution in [0.3, 0.4) is 0 Å². The fourth-order valence-electron chi connectivity index (χ4n) is 2.90. The Morgan fingerprint density at radius 1 is 1.41 bits per heavy atom. The van der Waals surface area contributed by atoms with E-state index in [1.165, 1.54) is 35.0 Å². The molecule has 0 unspecified atom stereocenters. The minimum Gasteiger partial charge on any atom is -0.370 e. The number of aromatic nitrogens is 2. The number of anilines is 1. The largest absolute Gasteiger partial charge is 0.370 e. The van der Waals surface area contributed by atoms with Crippen molar-refractivity contribution in [3.8, 4) is 0 Å². The summed E-state index contributed by atoms with van der Waals surface area (Å²) < 4.78 is 0. The van der Waals surface area contributed by atoms with Crippen molar-refractivity contribution in [3.05, 3.63) is 40.0 Å². The van der Waals surface area contributed by atoms with Gasteiger partial charge in [-0.05, 0) is 57.3 Å². The molecule has 5 heteroatoms. The maximum atomic E-state index is 4.75. The van der Waals surface area contributed by atoms with Crippen LogP contribution >= 0.6 is 11.3 Å². The number of thiazole rings is 1. The monoisotopic (exact) mass is 316 g/mol. The van der Waals surface area contributed by atoms with Crippen molar-refractivity contribution in [2.24, 2.45) is 5.92 Å². The van der Waals surface area contributed by atoms with E-state index in [9.17, 15) is 0 Å². The number of pyridine rings is 1. The van der Waals surface area contributed by atoms with Gasteiger partial charge in [-0.1, -0.05) is 6.07 Å². The van der Waals surface area contributed by atoms with Crippen molar-refractivity contribution in [1.82, 2.24) is 15.3 Å². The molecule has 1 fully saturated rings. The molecule has 22 heavy (non-hydrogen) atoms. The van der Waals surface area contributed by atoms with Crippen molar-refractivity contribution in [1.29, 1.82) is 0 Å². The van der Waals surface area contributed by atoms with Gasteiger partial charge in [0.05, 0.1) is 5.01 Å². The van der Waals surface area contributed by atoms with E-state index < -0.39 is 0 Å². The Bertz CT molecular complexity index is 590. The highest BCUT2D eigenvalue weighted by molar-refractivity contribution is 7.11. The van der Waals surface area contributed by atoms with E-state index in [2.05, 4.69) is 40.7 Å². The van der Waals surface area contributed by atoms with Crippen LogP contribution in [-0.2, 0) is 12.8 Å². The molecule has 1 aliphatic heterocycles. The second-order valence-corrected chi connectivity index (χ2v) is 7.29. The Kier molecular flexibility index (Phi) is 5.40. The summed E-state index contributed by atoms with van der Waals surface area (Å²) in [6, 6.07) is 6.30. The molecular weight excluding hydrogens is 292 g/mol. The molecule has 0 saturated carbocycles. The molecule has 1 atom stereocenters. The van der Waals surface area contributed by atoms with Gasteiger partial charge in [0, 0.05) is 29.7 Å². The van der Waals surface area contributed by atoms with Crippen molar-refractivity contribution in [3.63, 3.8) is 0 Å². The zero-order chi connectivity index (χ0) is 15.2. The van der Waals surface area contributed by atoms with Crippen LogP contribution in [0.4, 0.5) is 5.82 Å². The summed E-state index contributed by atoms with van der Waals surface area (Å²) in [6.07, 6.45) is 6.58. The summed E-state index contributed by atoms with van der Waals surface area (Å²) in [5.41, 5.74) is 1.20. The van der Waals surface area contributed by atoms with Crippen LogP contribution in [0.25, 0.3) is 0 Å². The molecule has 0 aliphatic carbocycles. The number of piperidine rings is 1. The number of aryl methyl sites for hydroxylation is 1. The molecule has 0 radical (unpaired) electrons. The second kappa shape index (κ2) is 7.70. The van der Waals surface area contributed by atoms with Gasteiger partial charge in [-0.3, -0.25) is 0 Å². The van der Waals surface area contributed by atoms with E-state index >= 15 is 0 Å². The molecule has 1 saturated heterocycles. The first kappa shape index (κ1) is 15.4. The number of nitrogens with zero attached hydrogens (tertiary/aromatic N) is 2. The van der Waals surface area contributed by atoms with E-state index in [0.29, 0.717) is 0 Å². The topological polar surface area (TPSA) is 49.8 Å². The molecule has 118 valence electrons. The van der Waals surface area contributed by atoms with E-state index in [4.69, 9.17) is 4.98 Å². The smallest absolute Gasteiger partial charge is 0.126 e. The highest BCUT2D eigenvalue weighted by Crippen LogP contribution is 2.17. The average Bonchev–Trinajstić information content (AvgIpc) is 2.94. The molecule has 0 spiro atoms. The van der Waals surface area contributed by atoms with Gasteiger partial charge in [0.25, 0.3) is 0 Å². The Morgan fingerprint density at radius 2 is 2.36 bits per heavy atom. The number of nitrogens with one attached hydrogen (secondary N) is 2. The minimum absolute atomic E-state index is 0.731. The van der Waals surface area contributed by atoms with Crippen LogP contribution in [0.2, 0.25) is 0 Å². The highest BCUT2D eigenvalue weighted by Gasteiger charge is 2.14. The van der Waals surface area contributed by atoms with Crippen LogP contribution < -0.4 is 10.6 Å². The second-order valence-electron chi connectivity index (χ2n) is 5.97. The zero-order valence-corrected chi connectivity index (χ0v) is 14.0. The molecule has 3 rings (SSSR count). The van der Waals surface area contributed by atoms with Crippen LogP contribution in [0.5, 0.6) is 0 Å². The van der Waals surface area contributed by atoms with Crippen LogP contribution in [0.1, 0.15) is 28.4 Å². The first-order valence-corrected chi connectivity index (χ1v) is 8.93. The predicted octanol–water partition coefficient (Wildman–Crippen LogP) is 3.04. The maximum absolute atomic E-state index is 4.75. The molecule has 0 amide bonds. The molecule has 0 bridgehead atoms. The number of hydrogen-bond donors (Lipinski definition) is 2. The molecule has 2 aromatic rings. The Balaban J connectivity index is 1.50. The zero-order valence-electron chi connectivity index (χ0n) is 13.1. The number of rotatable bonds is 6. The lowest BCUT2D eigenvalue weighted by Crippen LogP contribution is -2.31. The fraction of sp³-hybridized carbons (Fsp3) is 0.529. The van der Waals surface area contributed by atoms with Crippen molar-refractivity contribution in [2.45, 2.75) is 32.6 Å². The molecular formula is C17H24N4S. The van der Waals surface area contributed by atoms with Gasteiger partial charge in [-0.2, -0.15) is 0 Å². The van der Waals surface area contributed by atoms with Gasteiger partial charge in [0.15, 0.2) is 0 Å². The average molecular weight is 316 g/mol. The molecule has 0 aromatic carbocycles. The SMILES string of the molecule is Cc1cnc(CCNc2cccc(C[C@@H]3CCCNC3)n2)s1. The van der Waals surface area contributed by atoms with Gasteiger partial charge in [-0.25, -0.2) is 9.97 Å². The lowest BCUT2D eigenvalue weighted by atomic mass is 9.94. The van der Waals surface area contributed by atoms with Crippen molar-refractivity contribution in [2.75, 3.05) is 25.0 Å². The molecule has 2 N–H and O–H groups in total. The maximum Gasteiger partial charge on any atom is 0.126 e. The lowest BCUT2D eigenvalue weighted by molar-refractivity contribution is 0.373. The van der Waals surface area contributed by atoms with E-state index in [-0.39, 0.29) is 0 Å². The third-order valence-electron chi connectivity index (χ3n) is 4.02.